The van der Waals surface area contributed by atoms with Gasteiger partial charge in [-0.15, -0.1) is 11.3 Å². The van der Waals surface area contributed by atoms with Crippen LogP contribution in [0.2, 0.25) is 0 Å². The molecular weight excluding hydrogens is 180 g/mol. The molecule has 2 aromatic rings. The van der Waals surface area contributed by atoms with Gasteiger partial charge in [0.25, 0.3) is 0 Å². The zero-order chi connectivity index (χ0) is 9.68. The van der Waals surface area contributed by atoms with Crippen LogP contribution in [0.1, 0.15) is 24.2 Å². The van der Waals surface area contributed by atoms with E-state index in [1.54, 1.807) is 11.3 Å². The van der Waals surface area contributed by atoms with E-state index in [1.807, 2.05) is 43.5 Å². The molecular formula is C11H12OS. The fourth-order valence-corrected chi connectivity index (χ4v) is 2.00. The Hall–Kier alpha value is -1.15. The van der Waals surface area contributed by atoms with Gasteiger partial charge in [0.2, 0.25) is 0 Å². The van der Waals surface area contributed by atoms with Crippen LogP contribution in [0.15, 0.2) is 29.6 Å². The summed E-state index contributed by atoms with van der Waals surface area (Å²) in [6, 6.07) is 7.91. The summed E-state index contributed by atoms with van der Waals surface area (Å²) in [6.07, 6.45) is 0.902. The minimum atomic E-state index is 0.797. The van der Waals surface area contributed by atoms with E-state index in [1.165, 1.54) is 4.70 Å². The standard InChI is InChI=1S/C9H6OS.C2H6/c10-5-7-6-11-9-4-2-1-3-8(7)9;1-2/h1-6H;1-2H3. The molecule has 0 radical (unpaired) electrons. The predicted octanol–water partition coefficient (Wildman–Crippen LogP) is 3.74. The van der Waals surface area contributed by atoms with E-state index in [0.29, 0.717) is 0 Å². The van der Waals surface area contributed by atoms with E-state index >= 15 is 0 Å². The summed E-state index contributed by atoms with van der Waals surface area (Å²) < 4.78 is 1.18. The number of thiophene rings is 1. The number of aldehydes is 1. The maximum Gasteiger partial charge on any atom is 0.151 e. The molecule has 0 amide bonds. The first-order valence-electron chi connectivity index (χ1n) is 4.33. The second-order valence-corrected chi connectivity index (χ2v) is 3.22. The predicted molar refractivity (Wildman–Crippen MR) is 58.6 cm³/mol. The van der Waals surface area contributed by atoms with Crippen molar-refractivity contribution in [1.82, 2.24) is 0 Å². The third-order valence-electron chi connectivity index (χ3n) is 1.64. The number of rotatable bonds is 1. The van der Waals surface area contributed by atoms with Crippen molar-refractivity contribution in [2.75, 3.05) is 0 Å². The van der Waals surface area contributed by atoms with Crippen LogP contribution in [0.4, 0.5) is 0 Å². The first kappa shape index (κ1) is 9.93. The van der Waals surface area contributed by atoms with Gasteiger partial charge in [-0.3, -0.25) is 4.79 Å². The Labute approximate surface area is 82.0 Å². The molecule has 2 rings (SSSR count). The Morgan fingerprint density at radius 3 is 2.62 bits per heavy atom. The maximum atomic E-state index is 10.5. The van der Waals surface area contributed by atoms with E-state index in [4.69, 9.17) is 0 Å². The molecule has 0 saturated heterocycles. The van der Waals surface area contributed by atoms with Crippen LogP contribution in [-0.2, 0) is 0 Å². The molecule has 0 aliphatic carbocycles. The highest BCUT2D eigenvalue weighted by atomic mass is 32.1. The molecule has 0 saturated carbocycles. The highest BCUT2D eigenvalue weighted by Gasteiger charge is 1.99. The number of hydrogen-bond acceptors (Lipinski definition) is 2. The molecule has 0 spiro atoms. The lowest BCUT2D eigenvalue weighted by Gasteiger charge is -1.86. The molecule has 13 heavy (non-hydrogen) atoms. The van der Waals surface area contributed by atoms with Crippen LogP contribution >= 0.6 is 11.3 Å². The van der Waals surface area contributed by atoms with Crippen LogP contribution in [0.25, 0.3) is 10.1 Å². The van der Waals surface area contributed by atoms with Gasteiger partial charge in [0, 0.05) is 21.0 Å². The summed E-state index contributed by atoms with van der Waals surface area (Å²) in [4.78, 5) is 10.5. The van der Waals surface area contributed by atoms with Gasteiger partial charge in [-0.25, -0.2) is 0 Å². The molecule has 0 bridgehead atoms. The molecule has 0 aliphatic rings. The topological polar surface area (TPSA) is 17.1 Å². The van der Waals surface area contributed by atoms with Crippen LogP contribution < -0.4 is 0 Å². The van der Waals surface area contributed by atoms with Crippen molar-refractivity contribution in [1.29, 1.82) is 0 Å². The second kappa shape index (κ2) is 4.77. The fourth-order valence-electron chi connectivity index (χ4n) is 1.09. The number of fused-ring (bicyclic) bond motifs is 1. The van der Waals surface area contributed by atoms with Gasteiger partial charge in [0.1, 0.15) is 0 Å². The Morgan fingerprint density at radius 2 is 1.92 bits per heavy atom. The van der Waals surface area contributed by atoms with Gasteiger partial charge < -0.3 is 0 Å². The molecule has 68 valence electrons. The van der Waals surface area contributed by atoms with Gasteiger partial charge in [-0.2, -0.15) is 0 Å². The fraction of sp³-hybridized carbons (Fsp3) is 0.182. The molecule has 0 unspecified atom stereocenters. The summed E-state index contributed by atoms with van der Waals surface area (Å²) in [6.45, 7) is 4.00. The lowest BCUT2D eigenvalue weighted by molar-refractivity contribution is 0.112. The van der Waals surface area contributed by atoms with Gasteiger partial charge >= 0.3 is 0 Å². The summed E-state index contributed by atoms with van der Waals surface area (Å²) in [5.74, 6) is 0. The minimum Gasteiger partial charge on any atom is -0.298 e. The normalized spacial score (nSPS) is 9.08. The number of benzene rings is 1. The van der Waals surface area contributed by atoms with Crippen molar-refractivity contribution >= 4 is 27.7 Å². The van der Waals surface area contributed by atoms with Crippen molar-refractivity contribution in [2.24, 2.45) is 0 Å². The molecule has 0 atom stereocenters. The summed E-state index contributed by atoms with van der Waals surface area (Å²) in [5.41, 5.74) is 0.797. The number of hydrogen-bond donors (Lipinski definition) is 0. The summed E-state index contributed by atoms with van der Waals surface area (Å²) in [7, 11) is 0. The average molecular weight is 192 g/mol. The largest absolute Gasteiger partial charge is 0.298 e. The zero-order valence-corrected chi connectivity index (χ0v) is 8.60. The van der Waals surface area contributed by atoms with Gasteiger partial charge in [-0.1, -0.05) is 32.0 Å². The molecule has 1 nitrogen and oxygen atoms in total. The third kappa shape index (κ3) is 1.95. The minimum absolute atomic E-state index is 0.797. The van der Waals surface area contributed by atoms with Gasteiger partial charge in [0.15, 0.2) is 6.29 Å². The Kier molecular flexibility index (Phi) is 3.65. The quantitative estimate of drug-likeness (QED) is 0.629. The lowest BCUT2D eigenvalue weighted by atomic mass is 10.2. The average Bonchev–Trinajstić information content (AvgIpc) is 2.64. The van der Waals surface area contributed by atoms with Crippen LogP contribution in [0.5, 0.6) is 0 Å². The van der Waals surface area contributed by atoms with Crippen molar-refractivity contribution < 1.29 is 4.79 Å². The Bertz CT molecular complexity index is 390. The van der Waals surface area contributed by atoms with Crippen LogP contribution in [0.3, 0.4) is 0 Å². The summed E-state index contributed by atoms with van der Waals surface area (Å²) >= 11 is 1.61. The van der Waals surface area contributed by atoms with E-state index in [-0.39, 0.29) is 0 Å². The zero-order valence-electron chi connectivity index (χ0n) is 7.78. The van der Waals surface area contributed by atoms with E-state index in [0.717, 1.165) is 17.2 Å². The highest BCUT2D eigenvalue weighted by Crippen LogP contribution is 2.23. The highest BCUT2D eigenvalue weighted by molar-refractivity contribution is 7.17. The third-order valence-corrected chi connectivity index (χ3v) is 2.62. The number of carbonyl (C=O) groups is 1. The van der Waals surface area contributed by atoms with Crippen molar-refractivity contribution in [3.8, 4) is 0 Å². The SMILES string of the molecule is CC.O=Cc1csc2ccccc12. The van der Waals surface area contributed by atoms with Gasteiger partial charge in [0.05, 0.1) is 0 Å². The number of carbonyl (C=O) groups excluding carboxylic acids is 1. The van der Waals surface area contributed by atoms with Gasteiger partial charge in [-0.05, 0) is 6.07 Å². The maximum absolute atomic E-state index is 10.5. The van der Waals surface area contributed by atoms with Crippen LogP contribution in [0, 0.1) is 0 Å². The lowest BCUT2D eigenvalue weighted by Crippen LogP contribution is -1.72. The molecule has 0 N–H and O–H groups in total. The smallest absolute Gasteiger partial charge is 0.151 e. The first-order chi connectivity index (χ1) is 6.42. The van der Waals surface area contributed by atoms with E-state index in [9.17, 15) is 4.79 Å². The summed E-state index contributed by atoms with van der Waals surface area (Å²) in [5, 5.41) is 2.95. The van der Waals surface area contributed by atoms with Crippen molar-refractivity contribution in [3.05, 3.63) is 35.2 Å². The van der Waals surface area contributed by atoms with E-state index in [2.05, 4.69) is 0 Å². The first-order valence-corrected chi connectivity index (χ1v) is 5.21. The van der Waals surface area contributed by atoms with E-state index < -0.39 is 0 Å². The monoisotopic (exact) mass is 192 g/mol. The Balaban J connectivity index is 0.000000396. The molecule has 1 aromatic heterocycles. The second-order valence-electron chi connectivity index (χ2n) is 2.31. The van der Waals surface area contributed by atoms with Crippen LogP contribution in [-0.4, -0.2) is 6.29 Å². The molecule has 0 aliphatic heterocycles. The molecule has 1 aromatic carbocycles. The molecule has 1 heterocycles. The molecule has 2 heteroatoms. The Morgan fingerprint density at radius 1 is 1.23 bits per heavy atom. The van der Waals surface area contributed by atoms with Crippen molar-refractivity contribution in [3.63, 3.8) is 0 Å². The molecule has 0 fully saturated rings. The van der Waals surface area contributed by atoms with Crippen molar-refractivity contribution in [2.45, 2.75) is 13.8 Å².